The number of hydrogen-bond donors (Lipinski definition) is 0. The van der Waals surface area contributed by atoms with Crippen LogP contribution < -0.4 is 0 Å². The van der Waals surface area contributed by atoms with Gasteiger partial charge >= 0.3 is 33.5 Å². The average Bonchev–Trinajstić information content (AvgIpc) is 1.95. The highest BCUT2D eigenvalue weighted by atomic mass is 32.3. The molecule has 0 atom stereocenters. The fraction of sp³-hybridized carbons (Fsp3) is 1.00. The first kappa shape index (κ1) is 16.2. The molecule has 0 rings (SSSR count). The maximum atomic E-state index is 12.5. The lowest BCUT2D eigenvalue weighted by atomic mass is 10.1. The van der Waals surface area contributed by atoms with Gasteiger partial charge in [0.25, 0.3) is 0 Å². The summed E-state index contributed by atoms with van der Waals surface area (Å²) in [7, 11) is -7.77. The molecule has 0 fully saturated rings. The second kappa shape index (κ2) is 3.62. The Labute approximate surface area is 86.4 Å². The molecule has 104 valence electrons. The van der Waals surface area contributed by atoms with Crippen molar-refractivity contribution in [3.8, 4) is 0 Å². The van der Waals surface area contributed by atoms with E-state index in [2.05, 4.69) is 0 Å². The Morgan fingerprint density at radius 1 is 0.647 bits per heavy atom. The third-order valence-electron chi connectivity index (χ3n) is 1.49. The van der Waals surface area contributed by atoms with Crippen molar-refractivity contribution in [2.45, 2.75) is 23.3 Å². The molecule has 0 N–H and O–H groups in total. The molecule has 0 saturated heterocycles. The van der Waals surface area contributed by atoms with Crippen molar-refractivity contribution in [2.75, 3.05) is 0 Å². The minimum Gasteiger partial charge on any atom is -0.215 e. The molecule has 0 aliphatic carbocycles. The molecule has 0 aromatic rings. The van der Waals surface area contributed by atoms with Crippen molar-refractivity contribution in [2.24, 2.45) is 0 Å². The molecule has 0 aromatic carbocycles. The Morgan fingerprint density at radius 3 is 0.941 bits per heavy atom. The molecule has 0 aromatic heterocycles. The van der Waals surface area contributed by atoms with E-state index in [-0.39, 0.29) is 0 Å². The van der Waals surface area contributed by atoms with E-state index in [1.807, 2.05) is 0 Å². The van der Waals surface area contributed by atoms with E-state index in [0.29, 0.717) is 0 Å². The van der Waals surface area contributed by atoms with Crippen LogP contribution in [0.5, 0.6) is 0 Å². The predicted molar refractivity (Wildman–Crippen MR) is 30.9 cm³/mol. The van der Waals surface area contributed by atoms with Crippen molar-refractivity contribution in [3.05, 3.63) is 0 Å². The monoisotopic (exact) mass is 302 g/mol. The van der Waals surface area contributed by atoms with Gasteiger partial charge in [0, 0.05) is 0 Å². The average molecular weight is 302 g/mol. The van der Waals surface area contributed by atoms with Crippen LogP contribution in [0, 0.1) is 0 Å². The lowest BCUT2D eigenvalue weighted by Crippen LogP contribution is -2.66. The first-order valence-corrected chi connectivity index (χ1v) is 4.53. The molecule has 0 aliphatic heterocycles. The van der Waals surface area contributed by atoms with Crippen LogP contribution in [0.3, 0.4) is 0 Å². The highest BCUT2D eigenvalue weighted by Gasteiger charge is 2.88. The van der Waals surface area contributed by atoms with Crippen LogP contribution in [-0.2, 0) is 10.2 Å². The van der Waals surface area contributed by atoms with Crippen LogP contribution in [-0.4, -0.2) is 31.7 Å². The molecule has 0 radical (unpaired) electrons. The summed E-state index contributed by atoms with van der Waals surface area (Å²) in [6.07, 6.45) is -14.8. The lowest BCUT2D eigenvalue weighted by molar-refractivity contribution is -0.380. The number of halogens is 10. The fourth-order valence-corrected chi connectivity index (χ4v) is 1.23. The standard InChI is InChI=1S/C4F10O2S/c5-1(2(6,7)8,3(9,10)11)4(12,13)17(14,15)16. The van der Waals surface area contributed by atoms with Gasteiger partial charge in [-0.1, -0.05) is 3.89 Å². The van der Waals surface area contributed by atoms with Crippen molar-refractivity contribution in [1.82, 2.24) is 0 Å². The minimum absolute atomic E-state index is 7.35. The van der Waals surface area contributed by atoms with Crippen LogP contribution in [0.15, 0.2) is 0 Å². The van der Waals surface area contributed by atoms with E-state index in [9.17, 15) is 51.8 Å². The van der Waals surface area contributed by atoms with Gasteiger partial charge in [-0.3, -0.25) is 0 Å². The maximum Gasteiger partial charge on any atom is 0.439 e. The molecule has 13 heteroatoms. The summed E-state index contributed by atoms with van der Waals surface area (Å²) in [6, 6.07) is 0. The van der Waals surface area contributed by atoms with Gasteiger partial charge in [0.1, 0.15) is 0 Å². The molecule has 0 saturated carbocycles. The van der Waals surface area contributed by atoms with E-state index >= 15 is 0 Å². The quantitative estimate of drug-likeness (QED) is 0.580. The van der Waals surface area contributed by atoms with Gasteiger partial charge in [-0.05, 0) is 0 Å². The summed E-state index contributed by atoms with van der Waals surface area (Å²) in [5.74, 6) is 0. The molecule has 0 aliphatic rings. The van der Waals surface area contributed by atoms with Crippen molar-refractivity contribution in [3.63, 3.8) is 0 Å². The van der Waals surface area contributed by atoms with Crippen molar-refractivity contribution in [1.29, 1.82) is 0 Å². The Hall–Kier alpha value is -0.750. The summed E-state index contributed by atoms with van der Waals surface area (Å²) in [5, 5.41) is -7.35. The Bertz CT molecular complexity index is 374. The number of hydrogen-bond acceptors (Lipinski definition) is 2. The SMILES string of the molecule is O=S(=O)(F)C(F)(F)C(F)(C(F)(F)F)C(F)(F)F. The summed E-state index contributed by atoms with van der Waals surface area (Å²) in [6.45, 7) is 0. The minimum atomic E-state index is -7.77. The first-order chi connectivity index (χ1) is 7.00. The zero-order valence-electron chi connectivity index (χ0n) is 7.00. The summed E-state index contributed by atoms with van der Waals surface area (Å²) in [5.41, 5.74) is -7.54. The molecule has 0 bridgehead atoms. The topological polar surface area (TPSA) is 34.1 Å². The van der Waals surface area contributed by atoms with E-state index in [0.717, 1.165) is 0 Å². The molecular weight excluding hydrogens is 302 g/mol. The fourth-order valence-electron chi connectivity index (χ4n) is 0.659. The zero-order chi connectivity index (χ0) is 14.5. The molecule has 0 heterocycles. The van der Waals surface area contributed by atoms with Gasteiger partial charge in [-0.15, -0.1) is 0 Å². The van der Waals surface area contributed by atoms with Gasteiger partial charge < -0.3 is 0 Å². The largest absolute Gasteiger partial charge is 0.439 e. The molecular formula is C4F10O2S. The van der Waals surface area contributed by atoms with Gasteiger partial charge in [0.15, 0.2) is 0 Å². The van der Waals surface area contributed by atoms with E-state index in [1.54, 1.807) is 0 Å². The smallest absolute Gasteiger partial charge is 0.215 e. The van der Waals surface area contributed by atoms with Crippen LogP contribution in [0.25, 0.3) is 0 Å². The van der Waals surface area contributed by atoms with Crippen LogP contribution in [0.4, 0.5) is 43.4 Å². The van der Waals surface area contributed by atoms with E-state index < -0.39 is 33.5 Å². The van der Waals surface area contributed by atoms with Gasteiger partial charge in [0.05, 0.1) is 0 Å². The van der Waals surface area contributed by atoms with E-state index in [4.69, 9.17) is 0 Å². The second-order valence-corrected chi connectivity index (χ2v) is 4.00. The number of alkyl halides is 9. The van der Waals surface area contributed by atoms with Gasteiger partial charge in [-0.25, -0.2) is 4.39 Å². The zero-order valence-corrected chi connectivity index (χ0v) is 7.82. The molecule has 0 spiro atoms. The summed E-state index contributed by atoms with van der Waals surface area (Å²) >= 11 is 0. The van der Waals surface area contributed by atoms with Crippen molar-refractivity contribution < 1.29 is 51.8 Å². The Kier molecular flexibility index (Phi) is 3.46. The van der Waals surface area contributed by atoms with E-state index in [1.165, 1.54) is 0 Å². The molecule has 0 unspecified atom stereocenters. The number of rotatable bonds is 2. The third kappa shape index (κ3) is 2.15. The summed E-state index contributed by atoms with van der Waals surface area (Å²) < 4.78 is 137. The highest BCUT2D eigenvalue weighted by Crippen LogP contribution is 2.56. The van der Waals surface area contributed by atoms with Crippen molar-refractivity contribution >= 4 is 10.2 Å². The van der Waals surface area contributed by atoms with Gasteiger partial charge in [-0.2, -0.15) is 43.5 Å². The Balaban J connectivity index is 6.23. The molecule has 2 nitrogen and oxygen atoms in total. The first-order valence-electron chi connectivity index (χ1n) is 3.14. The van der Waals surface area contributed by atoms with Crippen LogP contribution >= 0.6 is 0 Å². The van der Waals surface area contributed by atoms with Crippen LogP contribution in [0.1, 0.15) is 0 Å². The maximum absolute atomic E-state index is 12.5. The lowest BCUT2D eigenvalue weighted by Gasteiger charge is -2.33. The molecule has 17 heavy (non-hydrogen) atoms. The summed E-state index contributed by atoms with van der Waals surface area (Å²) in [4.78, 5) is 0. The second-order valence-electron chi connectivity index (χ2n) is 2.61. The third-order valence-corrected chi connectivity index (χ3v) is 2.38. The highest BCUT2D eigenvalue weighted by molar-refractivity contribution is 7.87. The Morgan fingerprint density at radius 2 is 0.882 bits per heavy atom. The normalized spacial score (nSPS) is 16.1. The van der Waals surface area contributed by atoms with Gasteiger partial charge in [0.2, 0.25) is 0 Å². The van der Waals surface area contributed by atoms with Crippen LogP contribution in [0.2, 0.25) is 0 Å². The predicted octanol–water partition coefficient (Wildman–Crippen LogP) is 2.71. The molecule has 0 amide bonds.